The minimum absolute atomic E-state index is 0.0560. The molecule has 218 valence electrons. The fraction of sp³-hybridized carbons (Fsp3) is 0.385. The van der Waals surface area contributed by atoms with Crippen LogP contribution in [0.2, 0.25) is 0 Å². The van der Waals surface area contributed by atoms with E-state index in [9.17, 15) is 39.6 Å². The number of carbonyl (C=O) groups is 4. The van der Waals surface area contributed by atoms with Crippen LogP contribution >= 0.6 is 0 Å². The van der Waals surface area contributed by atoms with E-state index < -0.39 is 42.1 Å². The molecule has 0 aliphatic carbocycles. The third-order valence-electron chi connectivity index (χ3n) is 5.51. The highest BCUT2D eigenvalue weighted by Gasteiger charge is 2.25. The van der Waals surface area contributed by atoms with Gasteiger partial charge in [0.25, 0.3) is 0 Å². The first-order chi connectivity index (χ1) is 18.9. The summed E-state index contributed by atoms with van der Waals surface area (Å²) in [5, 5.41) is 42.9. The molecule has 2 amide bonds. The normalized spacial score (nSPS) is 12.8. The van der Waals surface area contributed by atoms with Gasteiger partial charge in [-0.25, -0.2) is 19.2 Å². The number of phenolic OH excluding ortho intramolecular Hbond substituents is 4. The molecule has 0 radical (unpaired) electrons. The van der Waals surface area contributed by atoms with E-state index in [1.54, 1.807) is 6.92 Å². The topological polar surface area (TPSA) is 210 Å². The van der Waals surface area contributed by atoms with Crippen molar-refractivity contribution in [1.29, 1.82) is 0 Å². The number of carbonyl (C=O) groups excluding carboxylic acids is 4. The van der Waals surface area contributed by atoms with Gasteiger partial charge in [-0.05, 0) is 35.4 Å². The number of nitrogens with one attached hydrogen (secondary N) is 2. The Morgan fingerprint density at radius 2 is 1.05 bits per heavy atom. The highest BCUT2D eigenvalue weighted by molar-refractivity contribution is 5.82. The Labute approximate surface area is 229 Å². The predicted molar refractivity (Wildman–Crippen MR) is 137 cm³/mol. The standard InChI is InChI=1S/C26H32N2O12/c1-14(12-39-25(35)27-17(23(33)37-2)8-15-4-6-19(29)21(31)10-15)13-40-26(36)28-18(24(34)38-3)9-16-5-7-20(30)22(32)11-16/h4-7,10-11,14,17-18,29-32H,8-9,12-13H2,1-3H3,(H,27,35)(H,28,36). The molecule has 2 aromatic carbocycles. The Hall–Kier alpha value is -4.88. The van der Waals surface area contributed by atoms with Gasteiger partial charge in [-0.2, -0.15) is 0 Å². The maximum absolute atomic E-state index is 12.3. The Morgan fingerprint density at radius 3 is 1.38 bits per heavy atom. The molecule has 0 saturated heterocycles. The molecule has 0 saturated carbocycles. The van der Waals surface area contributed by atoms with Crippen LogP contribution in [0, 0.1) is 5.92 Å². The second-order valence-corrected chi connectivity index (χ2v) is 8.80. The van der Waals surface area contributed by atoms with Gasteiger partial charge < -0.3 is 50.0 Å². The maximum Gasteiger partial charge on any atom is 0.407 e. The Bertz CT molecular complexity index is 1110. The van der Waals surface area contributed by atoms with E-state index >= 15 is 0 Å². The fourth-order valence-electron chi connectivity index (χ4n) is 3.39. The van der Waals surface area contributed by atoms with Crippen molar-refractivity contribution in [3.05, 3.63) is 47.5 Å². The predicted octanol–water partition coefficient (Wildman–Crippen LogP) is 1.47. The molecule has 0 aliphatic rings. The number of alkyl carbamates (subject to hydrolysis) is 2. The summed E-state index contributed by atoms with van der Waals surface area (Å²) in [4.78, 5) is 48.7. The molecular weight excluding hydrogens is 532 g/mol. The third-order valence-corrected chi connectivity index (χ3v) is 5.51. The van der Waals surface area contributed by atoms with Crippen molar-refractivity contribution in [2.75, 3.05) is 27.4 Å². The molecule has 0 bridgehead atoms. The van der Waals surface area contributed by atoms with E-state index in [-0.39, 0.29) is 49.1 Å². The second kappa shape index (κ2) is 14.9. The van der Waals surface area contributed by atoms with Gasteiger partial charge in [0.05, 0.1) is 27.4 Å². The maximum atomic E-state index is 12.3. The zero-order valence-electron chi connectivity index (χ0n) is 22.1. The quantitative estimate of drug-likeness (QED) is 0.123. The van der Waals surface area contributed by atoms with Crippen LogP contribution in [0.1, 0.15) is 18.1 Å². The minimum atomic E-state index is -1.15. The Balaban J connectivity index is 1.84. The number of hydrogen-bond acceptors (Lipinski definition) is 12. The fourth-order valence-corrected chi connectivity index (χ4v) is 3.39. The summed E-state index contributed by atoms with van der Waals surface area (Å²) < 4.78 is 19.6. The van der Waals surface area contributed by atoms with Crippen molar-refractivity contribution in [2.24, 2.45) is 5.92 Å². The minimum Gasteiger partial charge on any atom is -0.504 e. The number of rotatable bonds is 12. The third kappa shape index (κ3) is 9.78. The van der Waals surface area contributed by atoms with E-state index in [1.165, 1.54) is 36.4 Å². The molecule has 14 heteroatoms. The lowest BCUT2D eigenvalue weighted by atomic mass is 10.1. The van der Waals surface area contributed by atoms with Crippen LogP contribution in [0.3, 0.4) is 0 Å². The Kier molecular flexibility index (Phi) is 11.7. The Morgan fingerprint density at radius 1 is 0.675 bits per heavy atom. The lowest BCUT2D eigenvalue weighted by Crippen LogP contribution is -2.44. The van der Waals surface area contributed by atoms with Crippen molar-refractivity contribution in [2.45, 2.75) is 31.8 Å². The molecule has 0 aromatic heterocycles. The molecule has 2 rings (SSSR count). The van der Waals surface area contributed by atoms with Crippen LogP contribution in [0.4, 0.5) is 9.59 Å². The summed E-state index contributed by atoms with van der Waals surface area (Å²) in [6.07, 6.45) is -2.01. The molecule has 0 aliphatic heterocycles. The summed E-state index contributed by atoms with van der Waals surface area (Å²) >= 11 is 0. The van der Waals surface area contributed by atoms with E-state index in [2.05, 4.69) is 10.6 Å². The molecule has 2 unspecified atom stereocenters. The number of aromatic hydroxyl groups is 4. The average molecular weight is 565 g/mol. The van der Waals surface area contributed by atoms with Crippen molar-refractivity contribution in [1.82, 2.24) is 10.6 Å². The molecule has 2 aromatic rings. The van der Waals surface area contributed by atoms with Crippen molar-refractivity contribution < 1.29 is 58.6 Å². The number of amides is 2. The van der Waals surface area contributed by atoms with Gasteiger partial charge in [-0.1, -0.05) is 19.1 Å². The van der Waals surface area contributed by atoms with Crippen LogP contribution in [0.5, 0.6) is 23.0 Å². The number of benzene rings is 2. The first-order valence-electron chi connectivity index (χ1n) is 12.0. The van der Waals surface area contributed by atoms with Crippen LogP contribution in [0.15, 0.2) is 36.4 Å². The van der Waals surface area contributed by atoms with E-state index in [4.69, 9.17) is 18.9 Å². The van der Waals surface area contributed by atoms with Gasteiger partial charge in [0.15, 0.2) is 23.0 Å². The van der Waals surface area contributed by atoms with Gasteiger partial charge in [0.1, 0.15) is 12.1 Å². The van der Waals surface area contributed by atoms with E-state index in [0.717, 1.165) is 14.2 Å². The number of methoxy groups -OCH3 is 2. The summed E-state index contributed by atoms with van der Waals surface area (Å²) in [6.45, 7) is 1.23. The van der Waals surface area contributed by atoms with Gasteiger partial charge in [0, 0.05) is 18.8 Å². The second-order valence-electron chi connectivity index (χ2n) is 8.80. The zero-order valence-corrected chi connectivity index (χ0v) is 22.1. The van der Waals surface area contributed by atoms with Crippen molar-refractivity contribution >= 4 is 24.1 Å². The number of ether oxygens (including phenoxy) is 4. The highest BCUT2D eigenvalue weighted by atomic mass is 16.6. The van der Waals surface area contributed by atoms with Gasteiger partial charge >= 0.3 is 24.1 Å². The van der Waals surface area contributed by atoms with Gasteiger partial charge in [-0.15, -0.1) is 0 Å². The van der Waals surface area contributed by atoms with Crippen molar-refractivity contribution in [3.8, 4) is 23.0 Å². The highest BCUT2D eigenvalue weighted by Crippen LogP contribution is 2.26. The van der Waals surface area contributed by atoms with Gasteiger partial charge in [0.2, 0.25) is 0 Å². The molecule has 0 spiro atoms. The molecule has 40 heavy (non-hydrogen) atoms. The number of hydrogen-bond donors (Lipinski definition) is 6. The van der Waals surface area contributed by atoms with Crippen LogP contribution in [0.25, 0.3) is 0 Å². The van der Waals surface area contributed by atoms with E-state index in [0.29, 0.717) is 11.1 Å². The zero-order chi connectivity index (χ0) is 29.8. The molecule has 6 N–H and O–H groups in total. The molecule has 2 atom stereocenters. The lowest BCUT2D eigenvalue weighted by Gasteiger charge is -2.19. The lowest BCUT2D eigenvalue weighted by molar-refractivity contribution is -0.143. The first kappa shape index (κ1) is 31.3. The summed E-state index contributed by atoms with van der Waals surface area (Å²) in [6, 6.07) is 5.57. The van der Waals surface area contributed by atoms with Crippen LogP contribution in [-0.2, 0) is 41.4 Å². The van der Waals surface area contributed by atoms with Crippen LogP contribution < -0.4 is 10.6 Å². The SMILES string of the molecule is COC(=O)C(Cc1ccc(O)c(O)c1)NC(=O)OCC(C)COC(=O)NC(Cc1ccc(O)c(O)c1)C(=O)OC. The van der Waals surface area contributed by atoms with Gasteiger partial charge in [-0.3, -0.25) is 0 Å². The number of esters is 2. The summed E-state index contributed by atoms with van der Waals surface area (Å²) in [7, 11) is 2.28. The molecule has 0 heterocycles. The van der Waals surface area contributed by atoms with Crippen LogP contribution in [-0.4, -0.2) is 84.1 Å². The number of phenols is 4. The largest absolute Gasteiger partial charge is 0.504 e. The molecule has 14 nitrogen and oxygen atoms in total. The first-order valence-corrected chi connectivity index (χ1v) is 12.0. The summed E-state index contributed by atoms with van der Waals surface area (Å²) in [5.74, 6) is -3.46. The molecule has 0 fully saturated rings. The van der Waals surface area contributed by atoms with E-state index in [1.807, 2.05) is 0 Å². The molecular formula is C26H32N2O12. The monoisotopic (exact) mass is 564 g/mol. The van der Waals surface area contributed by atoms with Crippen molar-refractivity contribution in [3.63, 3.8) is 0 Å². The smallest absolute Gasteiger partial charge is 0.407 e. The summed E-state index contributed by atoms with van der Waals surface area (Å²) in [5.41, 5.74) is 0.873. The average Bonchev–Trinajstić information content (AvgIpc) is 2.93.